The lowest BCUT2D eigenvalue weighted by molar-refractivity contribution is 0.0705. The molecule has 1 N–H and O–H groups in total. The van der Waals surface area contributed by atoms with E-state index in [0.29, 0.717) is 32.5 Å². The summed E-state index contributed by atoms with van der Waals surface area (Å²) in [5, 5.41) is 3.35. The maximum atomic E-state index is 5.70. The second-order valence-electron chi connectivity index (χ2n) is 4.58. The van der Waals surface area contributed by atoms with Crippen LogP contribution in [0.25, 0.3) is 0 Å². The minimum atomic E-state index is 0.298. The Kier molecular flexibility index (Phi) is 8.21. The van der Waals surface area contributed by atoms with Gasteiger partial charge in [-0.2, -0.15) is 0 Å². The van der Waals surface area contributed by atoms with Crippen LogP contribution in [0.4, 0.5) is 0 Å². The molecule has 0 aliphatic rings. The summed E-state index contributed by atoms with van der Waals surface area (Å²) in [6, 6.07) is 8.40. The Morgan fingerprint density at radius 3 is 2.53 bits per heavy atom. The van der Waals surface area contributed by atoms with Crippen molar-refractivity contribution in [2.45, 2.75) is 19.9 Å². The van der Waals surface area contributed by atoms with E-state index in [1.165, 1.54) is 5.56 Å². The molecule has 1 aromatic rings. The molecule has 0 heterocycles. The minimum Gasteiger partial charge on any atom is -0.492 e. The number of hydrogen-bond donors (Lipinski definition) is 1. The largest absolute Gasteiger partial charge is 0.492 e. The highest BCUT2D eigenvalue weighted by Gasteiger charge is 2.02. The average molecular weight is 267 g/mol. The summed E-state index contributed by atoms with van der Waals surface area (Å²) >= 11 is 0. The van der Waals surface area contributed by atoms with Gasteiger partial charge in [-0.25, -0.2) is 0 Å². The molecule has 108 valence electrons. The van der Waals surface area contributed by atoms with E-state index in [1.807, 2.05) is 12.1 Å². The van der Waals surface area contributed by atoms with Gasteiger partial charge in [0.05, 0.1) is 19.8 Å². The smallest absolute Gasteiger partial charge is 0.119 e. The van der Waals surface area contributed by atoms with Gasteiger partial charge in [0, 0.05) is 19.7 Å². The van der Waals surface area contributed by atoms with Crippen LogP contribution in [0.15, 0.2) is 24.3 Å². The van der Waals surface area contributed by atoms with Gasteiger partial charge < -0.3 is 19.5 Å². The zero-order valence-corrected chi connectivity index (χ0v) is 12.1. The summed E-state index contributed by atoms with van der Waals surface area (Å²) in [6.07, 6.45) is 0. The first-order valence-electron chi connectivity index (χ1n) is 6.72. The summed E-state index contributed by atoms with van der Waals surface area (Å²) in [5.41, 5.74) is 1.24. The van der Waals surface area contributed by atoms with Gasteiger partial charge in [-0.05, 0) is 26.0 Å². The van der Waals surface area contributed by atoms with E-state index in [4.69, 9.17) is 14.2 Å². The van der Waals surface area contributed by atoms with Gasteiger partial charge in [0.25, 0.3) is 0 Å². The fourth-order valence-electron chi connectivity index (χ4n) is 1.54. The Morgan fingerprint density at radius 1 is 1.11 bits per heavy atom. The number of benzene rings is 1. The number of ether oxygens (including phenoxy) is 3. The lowest BCUT2D eigenvalue weighted by Crippen LogP contribution is -2.34. The fraction of sp³-hybridized carbons (Fsp3) is 0.600. The molecule has 0 aliphatic heterocycles. The van der Waals surface area contributed by atoms with Crippen LogP contribution in [0.1, 0.15) is 12.5 Å². The molecule has 4 nitrogen and oxygen atoms in total. The van der Waals surface area contributed by atoms with Crippen LogP contribution >= 0.6 is 0 Å². The van der Waals surface area contributed by atoms with Crippen molar-refractivity contribution in [1.82, 2.24) is 5.32 Å². The third-order valence-electron chi connectivity index (χ3n) is 2.69. The van der Waals surface area contributed by atoms with Crippen LogP contribution in [0.5, 0.6) is 5.75 Å². The van der Waals surface area contributed by atoms with Crippen molar-refractivity contribution in [3.63, 3.8) is 0 Å². The second kappa shape index (κ2) is 9.78. The maximum absolute atomic E-state index is 5.70. The van der Waals surface area contributed by atoms with Crippen molar-refractivity contribution >= 4 is 0 Å². The minimum absolute atomic E-state index is 0.298. The van der Waals surface area contributed by atoms with E-state index in [-0.39, 0.29) is 0 Å². The molecule has 0 amide bonds. The summed E-state index contributed by atoms with van der Waals surface area (Å²) < 4.78 is 16.0. The van der Waals surface area contributed by atoms with Gasteiger partial charge in [0.1, 0.15) is 12.4 Å². The van der Waals surface area contributed by atoms with E-state index < -0.39 is 0 Å². The monoisotopic (exact) mass is 267 g/mol. The van der Waals surface area contributed by atoms with Crippen molar-refractivity contribution in [2.75, 3.05) is 40.1 Å². The highest BCUT2D eigenvalue weighted by Crippen LogP contribution is 2.11. The van der Waals surface area contributed by atoms with Crippen molar-refractivity contribution in [1.29, 1.82) is 0 Å². The molecule has 0 bridgehead atoms. The van der Waals surface area contributed by atoms with E-state index in [0.717, 1.165) is 12.3 Å². The van der Waals surface area contributed by atoms with Crippen LogP contribution in [0.3, 0.4) is 0 Å². The molecule has 1 aromatic carbocycles. The van der Waals surface area contributed by atoms with Crippen LogP contribution in [-0.4, -0.2) is 46.1 Å². The topological polar surface area (TPSA) is 39.7 Å². The molecule has 0 aliphatic carbocycles. The number of methoxy groups -OCH3 is 1. The fourth-order valence-corrected chi connectivity index (χ4v) is 1.54. The van der Waals surface area contributed by atoms with E-state index >= 15 is 0 Å². The standard InChI is InChI=1S/C15H25NO3/c1-13-4-6-15(7-5-13)19-12-14(2)16-8-9-18-11-10-17-3/h4-7,14,16H,8-12H2,1-3H3. The number of rotatable bonds is 10. The Morgan fingerprint density at radius 2 is 1.84 bits per heavy atom. The van der Waals surface area contributed by atoms with Crippen LogP contribution in [-0.2, 0) is 9.47 Å². The Hall–Kier alpha value is -1.10. The average Bonchev–Trinajstić information content (AvgIpc) is 2.42. The van der Waals surface area contributed by atoms with Gasteiger partial charge >= 0.3 is 0 Å². The Labute approximate surface area is 116 Å². The normalized spacial score (nSPS) is 12.4. The molecule has 1 unspecified atom stereocenters. The van der Waals surface area contributed by atoms with Gasteiger partial charge in [-0.1, -0.05) is 17.7 Å². The quantitative estimate of drug-likeness (QED) is 0.658. The highest BCUT2D eigenvalue weighted by atomic mass is 16.5. The molecule has 1 atom stereocenters. The number of aryl methyl sites for hydroxylation is 1. The number of hydrogen-bond acceptors (Lipinski definition) is 4. The van der Waals surface area contributed by atoms with Crippen LogP contribution in [0, 0.1) is 6.92 Å². The van der Waals surface area contributed by atoms with Gasteiger partial charge in [-0.15, -0.1) is 0 Å². The lowest BCUT2D eigenvalue weighted by Gasteiger charge is -2.15. The molecule has 0 saturated carbocycles. The summed E-state index contributed by atoms with van der Waals surface area (Å²) in [7, 11) is 1.67. The summed E-state index contributed by atoms with van der Waals surface area (Å²) in [4.78, 5) is 0. The zero-order chi connectivity index (χ0) is 13.9. The number of nitrogens with one attached hydrogen (secondary N) is 1. The Balaban J connectivity index is 2.04. The predicted octanol–water partition coefficient (Wildman–Crippen LogP) is 2.01. The van der Waals surface area contributed by atoms with Gasteiger partial charge in [-0.3, -0.25) is 0 Å². The van der Waals surface area contributed by atoms with Crippen molar-refractivity contribution in [3.05, 3.63) is 29.8 Å². The molecule has 4 heteroatoms. The molecule has 0 fully saturated rings. The Bertz CT molecular complexity index is 327. The summed E-state index contributed by atoms with van der Waals surface area (Å²) in [5.74, 6) is 0.913. The van der Waals surface area contributed by atoms with E-state index in [2.05, 4.69) is 31.3 Å². The molecular formula is C15H25NO3. The third kappa shape index (κ3) is 7.82. The first-order chi connectivity index (χ1) is 9.22. The molecular weight excluding hydrogens is 242 g/mol. The van der Waals surface area contributed by atoms with Crippen molar-refractivity contribution in [2.24, 2.45) is 0 Å². The highest BCUT2D eigenvalue weighted by molar-refractivity contribution is 5.26. The lowest BCUT2D eigenvalue weighted by atomic mass is 10.2. The van der Waals surface area contributed by atoms with Gasteiger partial charge in [0.15, 0.2) is 0 Å². The third-order valence-corrected chi connectivity index (χ3v) is 2.69. The van der Waals surface area contributed by atoms with Crippen LogP contribution in [0.2, 0.25) is 0 Å². The predicted molar refractivity (Wildman–Crippen MR) is 76.8 cm³/mol. The van der Waals surface area contributed by atoms with Gasteiger partial charge in [0.2, 0.25) is 0 Å². The van der Waals surface area contributed by atoms with Crippen molar-refractivity contribution in [3.8, 4) is 5.75 Å². The molecule has 0 aromatic heterocycles. The molecule has 0 saturated heterocycles. The molecule has 0 radical (unpaired) electrons. The molecule has 19 heavy (non-hydrogen) atoms. The SMILES string of the molecule is COCCOCCNC(C)COc1ccc(C)cc1. The van der Waals surface area contributed by atoms with E-state index in [9.17, 15) is 0 Å². The first-order valence-corrected chi connectivity index (χ1v) is 6.72. The van der Waals surface area contributed by atoms with Crippen LogP contribution < -0.4 is 10.1 Å². The summed E-state index contributed by atoms with van der Waals surface area (Å²) in [6.45, 7) is 7.63. The zero-order valence-electron chi connectivity index (χ0n) is 12.1. The second-order valence-corrected chi connectivity index (χ2v) is 4.58. The van der Waals surface area contributed by atoms with E-state index in [1.54, 1.807) is 7.11 Å². The van der Waals surface area contributed by atoms with Crippen molar-refractivity contribution < 1.29 is 14.2 Å². The maximum Gasteiger partial charge on any atom is 0.119 e. The molecule has 0 spiro atoms. The first kappa shape index (κ1) is 16.0. The molecule has 1 rings (SSSR count).